The maximum Gasteiger partial charge on any atom is 0.0605 e. The molecule has 0 atom stereocenters. The molecule has 4 heteroatoms. The Morgan fingerprint density at radius 2 is 1.92 bits per heavy atom. The van der Waals surface area contributed by atoms with Crippen LogP contribution < -0.4 is 5.73 Å². The minimum Gasteiger partial charge on any atom is -0.320 e. The molecule has 0 bridgehead atoms. The maximum atomic E-state index is 5.97. The lowest BCUT2D eigenvalue weighted by molar-refractivity contribution is 0.704. The number of pyridine rings is 1. The highest BCUT2D eigenvalue weighted by molar-refractivity contribution is 5.85. The van der Waals surface area contributed by atoms with Crippen molar-refractivity contribution in [2.24, 2.45) is 5.73 Å². The molecule has 1 heterocycles. The molecule has 0 aliphatic heterocycles. The van der Waals surface area contributed by atoms with Crippen LogP contribution in [0.3, 0.4) is 0 Å². The van der Waals surface area contributed by atoms with Crippen molar-refractivity contribution in [3.05, 3.63) is 29.6 Å². The third-order valence-electron chi connectivity index (χ3n) is 2.19. The number of hydrogen-bond donors (Lipinski definition) is 1. The van der Waals surface area contributed by atoms with Gasteiger partial charge in [0.1, 0.15) is 0 Å². The molecule has 1 aliphatic carbocycles. The second-order valence-electron chi connectivity index (χ2n) is 3.32. The Morgan fingerprint density at radius 3 is 2.38 bits per heavy atom. The summed E-state index contributed by atoms with van der Waals surface area (Å²) in [6.07, 6.45) is 2.17. The molecule has 0 amide bonds. The van der Waals surface area contributed by atoms with Gasteiger partial charge in [0.15, 0.2) is 0 Å². The first-order valence-corrected chi connectivity index (χ1v) is 3.94. The van der Waals surface area contributed by atoms with Gasteiger partial charge in [0.05, 0.1) is 11.2 Å². The molecule has 2 nitrogen and oxygen atoms in total. The van der Waals surface area contributed by atoms with Gasteiger partial charge in [0.25, 0.3) is 0 Å². The maximum absolute atomic E-state index is 5.97. The van der Waals surface area contributed by atoms with E-state index in [-0.39, 0.29) is 30.4 Å². The summed E-state index contributed by atoms with van der Waals surface area (Å²) < 4.78 is 0. The van der Waals surface area contributed by atoms with Gasteiger partial charge in [0.2, 0.25) is 0 Å². The quantitative estimate of drug-likeness (QED) is 0.789. The third-order valence-corrected chi connectivity index (χ3v) is 2.19. The smallest absolute Gasteiger partial charge is 0.0605 e. The molecule has 0 unspecified atom stereocenters. The second kappa shape index (κ2) is 4.27. The average Bonchev–Trinajstić information content (AvgIpc) is 2.70. The van der Waals surface area contributed by atoms with Crippen LogP contribution in [0.1, 0.15) is 24.2 Å². The van der Waals surface area contributed by atoms with Crippen LogP contribution in [0.5, 0.6) is 0 Å². The molecule has 74 valence electrons. The van der Waals surface area contributed by atoms with Crippen LogP contribution in [-0.4, -0.2) is 4.98 Å². The lowest BCUT2D eigenvalue weighted by Crippen LogP contribution is -2.20. The molecule has 1 aromatic heterocycles. The second-order valence-corrected chi connectivity index (χ2v) is 3.32. The largest absolute Gasteiger partial charge is 0.320 e. The van der Waals surface area contributed by atoms with Crippen LogP contribution in [-0.2, 0) is 5.54 Å². The van der Waals surface area contributed by atoms with Gasteiger partial charge < -0.3 is 5.73 Å². The normalized spacial score (nSPS) is 16.8. The number of nitrogens with zero attached hydrogens (tertiary/aromatic N) is 1. The summed E-state index contributed by atoms with van der Waals surface area (Å²) in [6, 6.07) is 6.03. The zero-order valence-electron chi connectivity index (χ0n) is 7.49. The van der Waals surface area contributed by atoms with E-state index in [1.807, 2.05) is 25.1 Å². The van der Waals surface area contributed by atoms with E-state index in [9.17, 15) is 0 Å². The van der Waals surface area contributed by atoms with Gasteiger partial charge in [-0.2, -0.15) is 0 Å². The summed E-state index contributed by atoms with van der Waals surface area (Å²) >= 11 is 0. The van der Waals surface area contributed by atoms with E-state index in [0.29, 0.717) is 0 Å². The summed E-state index contributed by atoms with van der Waals surface area (Å²) in [5.74, 6) is 0. The number of rotatable bonds is 1. The number of hydrogen-bond acceptors (Lipinski definition) is 2. The third kappa shape index (κ3) is 2.56. The zero-order chi connectivity index (χ0) is 7.90. The summed E-state index contributed by atoms with van der Waals surface area (Å²) in [4.78, 5) is 4.38. The Labute approximate surface area is 90.8 Å². The molecular weight excluding hydrogens is 207 g/mol. The average molecular weight is 221 g/mol. The van der Waals surface area contributed by atoms with Crippen molar-refractivity contribution in [2.75, 3.05) is 0 Å². The number of aromatic nitrogens is 1. The van der Waals surface area contributed by atoms with Crippen molar-refractivity contribution in [1.29, 1.82) is 0 Å². The van der Waals surface area contributed by atoms with Gasteiger partial charge in [-0.05, 0) is 31.9 Å². The first-order valence-electron chi connectivity index (χ1n) is 3.94. The predicted octanol–water partition coefficient (Wildman–Crippen LogP) is 2.18. The topological polar surface area (TPSA) is 38.9 Å². The van der Waals surface area contributed by atoms with Crippen molar-refractivity contribution in [1.82, 2.24) is 4.98 Å². The fraction of sp³-hybridized carbons (Fsp3) is 0.444. The Hall–Kier alpha value is -0.310. The van der Waals surface area contributed by atoms with Crippen molar-refractivity contribution in [3.8, 4) is 0 Å². The van der Waals surface area contributed by atoms with Gasteiger partial charge in [-0.3, -0.25) is 4.98 Å². The van der Waals surface area contributed by atoms with Crippen molar-refractivity contribution in [2.45, 2.75) is 25.3 Å². The molecule has 2 N–H and O–H groups in total. The Kier molecular flexibility index (Phi) is 4.17. The van der Waals surface area contributed by atoms with Crippen molar-refractivity contribution in [3.63, 3.8) is 0 Å². The first-order chi connectivity index (χ1) is 5.21. The molecule has 1 fully saturated rings. The summed E-state index contributed by atoms with van der Waals surface area (Å²) in [7, 11) is 0. The molecule has 0 radical (unpaired) electrons. The molecule has 0 aromatic carbocycles. The van der Waals surface area contributed by atoms with E-state index in [1.165, 1.54) is 0 Å². The van der Waals surface area contributed by atoms with Gasteiger partial charge in [-0.1, -0.05) is 6.07 Å². The van der Waals surface area contributed by atoms with E-state index < -0.39 is 0 Å². The Morgan fingerprint density at radius 1 is 1.31 bits per heavy atom. The van der Waals surface area contributed by atoms with E-state index in [0.717, 1.165) is 24.2 Å². The van der Waals surface area contributed by atoms with E-state index in [1.54, 1.807) is 0 Å². The molecule has 0 spiro atoms. The molecule has 2 rings (SSSR count). The van der Waals surface area contributed by atoms with Crippen molar-refractivity contribution >= 4 is 24.8 Å². The van der Waals surface area contributed by atoms with E-state index in [2.05, 4.69) is 4.98 Å². The van der Waals surface area contributed by atoms with E-state index in [4.69, 9.17) is 5.73 Å². The van der Waals surface area contributed by atoms with Gasteiger partial charge in [-0.15, -0.1) is 24.8 Å². The molecule has 1 aromatic rings. The Balaban J connectivity index is 0.000000720. The van der Waals surface area contributed by atoms with Gasteiger partial charge in [-0.25, -0.2) is 0 Å². The zero-order valence-corrected chi connectivity index (χ0v) is 9.12. The van der Waals surface area contributed by atoms with Crippen LogP contribution in [0.2, 0.25) is 0 Å². The fourth-order valence-corrected chi connectivity index (χ4v) is 1.21. The summed E-state index contributed by atoms with van der Waals surface area (Å²) in [6.45, 7) is 2.00. The monoisotopic (exact) mass is 220 g/mol. The van der Waals surface area contributed by atoms with E-state index >= 15 is 0 Å². The molecule has 1 aliphatic rings. The van der Waals surface area contributed by atoms with Crippen LogP contribution in [0.15, 0.2) is 18.2 Å². The van der Waals surface area contributed by atoms with Crippen LogP contribution >= 0.6 is 24.8 Å². The van der Waals surface area contributed by atoms with Crippen LogP contribution in [0.4, 0.5) is 0 Å². The fourth-order valence-electron chi connectivity index (χ4n) is 1.21. The lowest BCUT2D eigenvalue weighted by Gasteiger charge is -2.07. The van der Waals surface area contributed by atoms with Crippen molar-refractivity contribution < 1.29 is 0 Å². The highest BCUT2D eigenvalue weighted by Gasteiger charge is 2.41. The number of nitrogens with two attached hydrogens (primary N) is 1. The molecule has 0 saturated heterocycles. The Bertz CT molecular complexity index is 285. The molecule has 13 heavy (non-hydrogen) atoms. The lowest BCUT2D eigenvalue weighted by atomic mass is 10.1. The van der Waals surface area contributed by atoms with Crippen LogP contribution in [0, 0.1) is 6.92 Å². The summed E-state index contributed by atoms with van der Waals surface area (Å²) in [5, 5.41) is 0. The minimum absolute atomic E-state index is 0. The van der Waals surface area contributed by atoms with Crippen LogP contribution in [0.25, 0.3) is 0 Å². The highest BCUT2D eigenvalue weighted by Crippen LogP contribution is 2.41. The SMILES string of the molecule is Cc1cccc(C2(N)CC2)n1.Cl.Cl. The standard InChI is InChI=1S/C9H12N2.2ClH/c1-7-3-2-4-8(11-7)9(10)5-6-9;;/h2-4H,5-6,10H2,1H3;2*1H. The predicted molar refractivity (Wildman–Crippen MR) is 58.6 cm³/mol. The summed E-state index contributed by atoms with van der Waals surface area (Å²) in [5.41, 5.74) is 8.00. The number of aryl methyl sites for hydroxylation is 1. The number of halogens is 2. The molecular formula is C9H14Cl2N2. The van der Waals surface area contributed by atoms with Gasteiger partial charge in [0, 0.05) is 5.69 Å². The first kappa shape index (κ1) is 12.7. The van der Waals surface area contributed by atoms with Gasteiger partial charge >= 0.3 is 0 Å². The highest BCUT2D eigenvalue weighted by atomic mass is 35.5. The minimum atomic E-state index is -0.0774. The molecule has 1 saturated carbocycles.